The van der Waals surface area contributed by atoms with Crippen LogP contribution in [-0.2, 0) is 33.7 Å². The van der Waals surface area contributed by atoms with Gasteiger partial charge in [-0.15, -0.1) is 0 Å². The quantitative estimate of drug-likeness (QED) is 0.603. The number of fused-ring (bicyclic) bond motifs is 1. The zero-order valence-electron chi connectivity index (χ0n) is 18.5. The molecule has 7 heteroatoms. The number of hydrogen-bond acceptors (Lipinski definition) is 6. The highest BCUT2D eigenvalue weighted by Gasteiger charge is 2.27. The molecule has 0 radical (unpaired) electrons. The fourth-order valence-corrected chi connectivity index (χ4v) is 3.77. The molecule has 1 amide bonds. The number of amides is 1. The molecule has 0 saturated heterocycles. The Morgan fingerprint density at radius 2 is 1.65 bits per heavy atom. The largest absolute Gasteiger partial charge is 0.493 e. The van der Waals surface area contributed by atoms with Gasteiger partial charge in [0.25, 0.3) is 5.91 Å². The Balaban J connectivity index is 1.55. The van der Waals surface area contributed by atoms with Gasteiger partial charge in [-0.1, -0.05) is 24.3 Å². The van der Waals surface area contributed by atoms with Gasteiger partial charge >= 0.3 is 5.97 Å². The van der Waals surface area contributed by atoms with Gasteiger partial charge in [0.15, 0.2) is 17.6 Å². The van der Waals surface area contributed by atoms with Gasteiger partial charge in [0.05, 0.1) is 21.3 Å². The number of carbonyl (C=O) groups excluding carboxylic acids is 2. The van der Waals surface area contributed by atoms with Gasteiger partial charge in [-0.25, -0.2) is 0 Å². The number of ether oxygens (including phenoxy) is 4. The smallest absolute Gasteiger partial charge is 0.306 e. The molecular weight excluding hydrogens is 398 g/mol. The van der Waals surface area contributed by atoms with Crippen molar-refractivity contribution in [2.24, 2.45) is 0 Å². The molecule has 1 unspecified atom stereocenters. The highest BCUT2D eigenvalue weighted by molar-refractivity contribution is 5.83. The van der Waals surface area contributed by atoms with Gasteiger partial charge in [0, 0.05) is 19.5 Å². The minimum absolute atomic E-state index is 0.138. The standard InChI is InChI=1S/C24H29NO6/c1-16(24(27)25-12-11-18-7-5-6-8-19(18)15-25)31-22(26)10-9-17-13-20(28-2)23(30-4)21(14-17)29-3/h5-8,13-14,16H,9-12,15H2,1-4H3. The number of carbonyl (C=O) groups is 2. The first-order valence-electron chi connectivity index (χ1n) is 10.3. The van der Waals surface area contributed by atoms with Crippen molar-refractivity contribution in [1.29, 1.82) is 0 Å². The van der Waals surface area contributed by atoms with Crippen LogP contribution in [0.4, 0.5) is 0 Å². The number of rotatable bonds is 8. The Hall–Kier alpha value is -3.22. The van der Waals surface area contributed by atoms with Crippen molar-refractivity contribution in [3.8, 4) is 17.2 Å². The van der Waals surface area contributed by atoms with E-state index in [1.165, 1.54) is 12.7 Å². The first-order chi connectivity index (χ1) is 15.0. The number of hydrogen-bond donors (Lipinski definition) is 0. The molecular formula is C24H29NO6. The molecule has 1 atom stereocenters. The molecule has 31 heavy (non-hydrogen) atoms. The van der Waals surface area contributed by atoms with Crippen molar-refractivity contribution in [3.63, 3.8) is 0 Å². The summed E-state index contributed by atoms with van der Waals surface area (Å²) in [6, 6.07) is 11.7. The van der Waals surface area contributed by atoms with Gasteiger partial charge in [-0.2, -0.15) is 0 Å². The van der Waals surface area contributed by atoms with Crippen molar-refractivity contribution in [2.75, 3.05) is 27.9 Å². The van der Waals surface area contributed by atoms with Crippen molar-refractivity contribution in [2.45, 2.75) is 38.8 Å². The second-order valence-electron chi connectivity index (χ2n) is 7.44. The molecule has 0 spiro atoms. The second kappa shape index (κ2) is 10.2. The normalized spacial score (nSPS) is 13.7. The lowest BCUT2D eigenvalue weighted by Gasteiger charge is -2.30. The van der Waals surface area contributed by atoms with E-state index in [4.69, 9.17) is 18.9 Å². The first kappa shape index (κ1) is 22.5. The van der Waals surface area contributed by atoms with E-state index in [1.54, 1.807) is 38.2 Å². The van der Waals surface area contributed by atoms with E-state index in [1.807, 2.05) is 18.2 Å². The number of nitrogens with zero attached hydrogens (tertiary/aromatic N) is 1. The van der Waals surface area contributed by atoms with Crippen LogP contribution in [0.15, 0.2) is 36.4 Å². The topological polar surface area (TPSA) is 74.3 Å². The zero-order valence-corrected chi connectivity index (χ0v) is 18.5. The minimum atomic E-state index is -0.822. The van der Waals surface area contributed by atoms with E-state index in [2.05, 4.69) is 6.07 Å². The summed E-state index contributed by atoms with van der Waals surface area (Å²) in [6.07, 6.45) is 0.550. The van der Waals surface area contributed by atoms with E-state index in [-0.39, 0.29) is 12.3 Å². The highest BCUT2D eigenvalue weighted by atomic mass is 16.5. The zero-order chi connectivity index (χ0) is 22.4. The maximum Gasteiger partial charge on any atom is 0.306 e. The fourth-order valence-electron chi connectivity index (χ4n) is 3.77. The van der Waals surface area contributed by atoms with Gasteiger partial charge in [-0.3, -0.25) is 9.59 Å². The third kappa shape index (κ3) is 5.29. The minimum Gasteiger partial charge on any atom is -0.493 e. The number of benzene rings is 2. The molecule has 3 rings (SSSR count). The third-order valence-corrected chi connectivity index (χ3v) is 5.44. The molecule has 0 saturated carbocycles. The Morgan fingerprint density at radius 1 is 1.00 bits per heavy atom. The maximum absolute atomic E-state index is 12.8. The molecule has 0 aromatic heterocycles. The number of methoxy groups -OCH3 is 3. The second-order valence-corrected chi connectivity index (χ2v) is 7.44. The Labute approximate surface area is 182 Å². The average Bonchev–Trinajstić information content (AvgIpc) is 2.80. The summed E-state index contributed by atoms with van der Waals surface area (Å²) in [6.45, 7) is 2.80. The fraction of sp³-hybridized carbons (Fsp3) is 0.417. The lowest BCUT2D eigenvalue weighted by atomic mass is 9.99. The maximum atomic E-state index is 12.8. The van der Waals surface area contributed by atoms with Crippen molar-refractivity contribution in [1.82, 2.24) is 4.90 Å². The average molecular weight is 427 g/mol. The predicted molar refractivity (Wildman–Crippen MR) is 116 cm³/mol. The summed E-state index contributed by atoms with van der Waals surface area (Å²) in [4.78, 5) is 26.9. The van der Waals surface area contributed by atoms with Crippen LogP contribution < -0.4 is 14.2 Å². The molecule has 0 fully saturated rings. The van der Waals surface area contributed by atoms with Crippen LogP contribution in [0.3, 0.4) is 0 Å². The van der Waals surface area contributed by atoms with Gasteiger partial charge < -0.3 is 23.8 Å². The van der Waals surface area contributed by atoms with E-state index >= 15 is 0 Å². The van der Waals surface area contributed by atoms with Crippen molar-refractivity contribution in [3.05, 3.63) is 53.1 Å². The summed E-state index contributed by atoms with van der Waals surface area (Å²) < 4.78 is 21.4. The first-order valence-corrected chi connectivity index (χ1v) is 10.3. The molecule has 7 nitrogen and oxygen atoms in total. The molecule has 0 N–H and O–H groups in total. The Kier molecular flexibility index (Phi) is 7.39. The van der Waals surface area contributed by atoms with Gasteiger partial charge in [0.1, 0.15) is 0 Å². The molecule has 1 aliphatic rings. The molecule has 1 heterocycles. The summed E-state index contributed by atoms with van der Waals surface area (Å²) in [5.41, 5.74) is 3.25. The van der Waals surface area contributed by atoms with Gasteiger partial charge in [-0.05, 0) is 48.6 Å². The van der Waals surface area contributed by atoms with E-state index in [0.717, 1.165) is 17.5 Å². The Morgan fingerprint density at radius 3 is 2.26 bits per heavy atom. The van der Waals surface area contributed by atoms with Crippen LogP contribution in [0, 0.1) is 0 Å². The summed E-state index contributed by atoms with van der Waals surface area (Å²) in [5, 5.41) is 0. The van der Waals surface area contributed by atoms with Crippen LogP contribution in [0.1, 0.15) is 30.0 Å². The van der Waals surface area contributed by atoms with Crippen LogP contribution >= 0.6 is 0 Å². The van der Waals surface area contributed by atoms with Crippen LogP contribution in [-0.4, -0.2) is 50.8 Å². The summed E-state index contributed by atoms with van der Waals surface area (Å²) in [7, 11) is 4.62. The van der Waals surface area contributed by atoms with E-state index < -0.39 is 12.1 Å². The van der Waals surface area contributed by atoms with Gasteiger partial charge in [0.2, 0.25) is 5.75 Å². The van der Waals surface area contributed by atoms with Crippen LogP contribution in [0.5, 0.6) is 17.2 Å². The monoisotopic (exact) mass is 427 g/mol. The highest BCUT2D eigenvalue weighted by Crippen LogP contribution is 2.38. The Bertz CT molecular complexity index is 916. The van der Waals surface area contributed by atoms with E-state index in [9.17, 15) is 9.59 Å². The molecule has 1 aliphatic heterocycles. The summed E-state index contributed by atoms with van der Waals surface area (Å²) in [5.74, 6) is 0.958. The SMILES string of the molecule is COc1cc(CCC(=O)OC(C)C(=O)N2CCc3ccccc3C2)cc(OC)c1OC. The molecule has 166 valence electrons. The van der Waals surface area contributed by atoms with Crippen LogP contribution in [0.25, 0.3) is 0 Å². The summed E-state index contributed by atoms with van der Waals surface area (Å²) >= 11 is 0. The van der Waals surface area contributed by atoms with Crippen LogP contribution in [0.2, 0.25) is 0 Å². The van der Waals surface area contributed by atoms with Crippen molar-refractivity contribution >= 4 is 11.9 Å². The number of esters is 1. The molecule has 0 bridgehead atoms. The number of aryl methyl sites for hydroxylation is 1. The molecule has 2 aromatic rings. The molecule has 2 aromatic carbocycles. The lowest BCUT2D eigenvalue weighted by Crippen LogP contribution is -2.42. The third-order valence-electron chi connectivity index (χ3n) is 5.44. The predicted octanol–water partition coefficient (Wildman–Crippen LogP) is 3.16. The lowest BCUT2D eigenvalue weighted by molar-refractivity contribution is -0.159. The van der Waals surface area contributed by atoms with E-state index in [0.29, 0.717) is 36.8 Å². The molecule has 0 aliphatic carbocycles. The van der Waals surface area contributed by atoms with Crippen molar-refractivity contribution < 1.29 is 28.5 Å².